The number of aliphatic hydroxyl groups is 2. The third kappa shape index (κ3) is 3.00. The molecule has 3 saturated carbocycles. The van der Waals surface area contributed by atoms with Crippen LogP contribution in [-0.2, 0) is 19.1 Å². The van der Waals surface area contributed by atoms with E-state index in [2.05, 4.69) is 0 Å². The van der Waals surface area contributed by atoms with Crippen LogP contribution in [0.15, 0.2) is 42.0 Å². The largest absolute Gasteiger partial charge is 0.494 e. The number of Topliss-reactive ketones (excluding diaryl/α,β-unsaturated/α-hetero) is 1. The zero-order chi connectivity index (χ0) is 29.0. The average molecular weight is 563 g/mol. The van der Waals surface area contributed by atoms with Crippen LogP contribution in [0.4, 0.5) is 13.2 Å². The molecule has 40 heavy (non-hydrogen) atoms. The Morgan fingerprint density at radius 1 is 1.23 bits per heavy atom. The van der Waals surface area contributed by atoms with Crippen molar-refractivity contribution in [2.45, 2.75) is 76.0 Å². The van der Waals surface area contributed by atoms with Gasteiger partial charge in [-0.15, -0.1) is 0 Å². The number of rotatable bonds is 4. The number of hydrogen-bond acceptors (Lipinski definition) is 7. The molecule has 216 valence electrons. The van der Waals surface area contributed by atoms with Gasteiger partial charge in [0, 0.05) is 22.3 Å². The lowest BCUT2D eigenvalue weighted by Gasteiger charge is -2.66. The first-order valence-corrected chi connectivity index (χ1v) is 13.5. The Morgan fingerprint density at radius 2 is 1.95 bits per heavy atom. The van der Waals surface area contributed by atoms with Crippen molar-refractivity contribution in [3.63, 3.8) is 0 Å². The van der Waals surface area contributed by atoms with Crippen molar-refractivity contribution in [1.29, 1.82) is 0 Å². The van der Waals surface area contributed by atoms with Crippen molar-refractivity contribution >= 4 is 11.6 Å². The van der Waals surface area contributed by atoms with Gasteiger partial charge in [0.15, 0.2) is 40.7 Å². The molecular formula is C30H33F3O7. The molecule has 5 aliphatic rings. The number of carbonyl (C=O) groups is 2. The van der Waals surface area contributed by atoms with E-state index in [-0.39, 0.29) is 36.1 Å². The van der Waals surface area contributed by atoms with E-state index < -0.39 is 82.1 Å². The highest BCUT2D eigenvalue weighted by molar-refractivity contribution is 6.01. The summed E-state index contributed by atoms with van der Waals surface area (Å²) >= 11 is 0. The van der Waals surface area contributed by atoms with Crippen LogP contribution in [-0.4, -0.2) is 65.1 Å². The first-order chi connectivity index (χ1) is 18.7. The number of benzene rings is 1. The maximum Gasteiger partial charge on any atom is 0.193 e. The van der Waals surface area contributed by atoms with Crippen LogP contribution in [0.5, 0.6) is 5.75 Å². The molecule has 6 rings (SSSR count). The lowest BCUT2D eigenvalue weighted by molar-refractivity contribution is -0.263. The van der Waals surface area contributed by atoms with E-state index in [4.69, 9.17) is 14.2 Å². The molecule has 7 nitrogen and oxygen atoms in total. The average Bonchev–Trinajstić information content (AvgIpc) is 3.38. The Balaban J connectivity index is 1.47. The van der Waals surface area contributed by atoms with Crippen molar-refractivity contribution in [1.82, 2.24) is 0 Å². The second-order valence-electron chi connectivity index (χ2n) is 12.5. The highest BCUT2D eigenvalue weighted by Gasteiger charge is 2.83. The molecule has 1 aromatic rings. The molecule has 0 radical (unpaired) electrons. The minimum absolute atomic E-state index is 0.00145. The molecule has 0 bridgehead atoms. The fraction of sp³-hybridized carbons (Fsp3) is 0.600. The van der Waals surface area contributed by atoms with E-state index in [9.17, 15) is 24.2 Å². The third-order valence-corrected chi connectivity index (χ3v) is 11.1. The summed E-state index contributed by atoms with van der Waals surface area (Å²) in [4.78, 5) is 25.7. The summed E-state index contributed by atoms with van der Waals surface area (Å²) in [5, 5.41) is 21.7. The Labute approximate surface area is 230 Å². The standard InChI is InChI=1S/C30H33F3O7/c1-26-8-7-16(35)10-17(26)18(31)11-21-27(2)13-24-30(23(37)14-34,28(27,3)12-22(36)29(21,26)33)40-25(39-24)15-5-6-20(38-4)19(32)9-15/h5-10,18,21-22,24-25,34,36H,11-14H2,1-4H3/t18-,21-,22-,24+,25+,26-,27-,28-,29-,30+/m0/s1. The molecule has 1 aromatic carbocycles. The molecule has 4 aliphatic carbocycles. The van der Waals surface area contributed by atoms with E-state index >= 15 is 8.78 Å². The molecule has 1 aliphatic heterocycles. The predicted octanol–water partition coefficient (Wildman–Crippen LogP) is 3.87. The van der Waals surface area contributed by atoms with Gasteiger partial charge >= 0.3 is 0 Å². The highest BCUT2D eigenvalue weighted by atomic mass is 19.1. The molecule has 10 atom stereocenters. The summed E-state index contributed by atoms with van der Waals surface area (Å²) < 4.78 is 65.6. The number of ketones is 2. The zero-order valence-corrected chi connectivity index (χ0v) is 22.7. The summed E-state index contributed by atoms with van der Waals surface area (Å²) in [6.45, 7) is 4.06. The molecule has 1 saturated heterocycles. The normalized spacial score (nSPS) is 47.2. The van der Waals surface area contributed by atoms with Crippen LogP contribution < -0.4 is 4.74 Å². The van der Waals surface area contributed by atoms with Crippen LogP contribution in [0, 0.1) is 28.0 Å². The molecule has 2 N–H and O–H groups in total. The number of methoxy groups -OCH3 is 1. The summed E-state index contributed by atoms with van der Waals surface area (Å²) in [5.74, 6) is -2.89. The van der Waals surface area contributed by atoms with Gasteiger partial charge in [-0.05, 0) is 61.5 Å². The van der Waals surface area contributed by atoms with Crippen molar-refractivity contribution in [3.8, 4) is 5.75 Å². The number of halogens is 3. The minimum Gasteiger partial charge on any atom is -0.494 e. The van der Waals surface area contributed by atoms with E-state index in [0.29, 0.717) is 0 Å². The maximum atomic E-state index is 17.6. The number of allylic oxidation sites excluding steroid dienone is 4. The molecule has 4 fully saturated rings. The molecule has 1 heterocycles. The monoisotopic (exact) mass is 562 g/mol. The molecule has 0 aromatic heterocycles. The molecule has 0 spiro atoms. The highest BCUT2D eigenvalue weighted by Crippen LogP contribution is 2.77. The second kappa shape index (κ2) is 8.50. The zero-order valence-electron chi connectivity index (χ0n) is 22.7. The Morgan fingerprint density at radius 3 is 2.60 bits per heavy atom. The van der Waals surface area contributed by atoms with Gasteiger partial charge in [-0.1, -0.05) is 26.0 Å². The van der Waals surface area contributed by atoms with E-state index in [1.807, 2.05) is 0 Å². The van der Waals surface area contributed by atoms with Crippen LogP contribution in [0.1, 0.15) is 51.9 Å². The van der Waals surface area contributed by atoms with Gasteiger partial charge in [-0.2, -0.15) is 0 Å². The number of hydrogen-bond donors (Lipinski definition) is 2. The van der Waals surface area contributed by atoms with Gasteiger partial charge in [0.05, 0.1) is 19.3 Å². The molecule has 0 unspecified atom stereocenters. The fourth-order valence-corrected chi connectivity index (χ4v) is 8.95. The van der Waals surface area contributed by atoms with Crippen molar-refractivity contribution in [2.75, 3.05) is 13.7 Å². The summed E-state index contributed by atoms with van der Waals surface area (Å²) in [6.07, 6.45) is -2.32. The molecule has 0 amide bonds. The van der Waals surface area contributed by atoms with Crippen molar-refractivity contribution in [2.24, 2.45) is 22.2 Å². The summed E-state index contributed by atoms with van der Waals surface area (Å²) in [5.41, 5.74) is -7.95. The van der Waals surface area contributed by atoms with Gasteiger partial charge in [-0.3, -0.25) is 9.59 Å². The Kier molecular flexibility index (Phi) is 5.87. The summed E-state index contributed by atoms with van der Waals surface area (Å²) in [7, 11) is 1.33. The SMILES string of the molecule is COc1ccc([C@@H]2O[C@@H]3C[C@@]4(C)[C@@H]5C[C@H](F)C6=CC(=O)C=C[C@]6(C)[C@@]5(F)[C@@H](O)C[C@]4(C)[C@]3(C(=O)CO)O2)cc1F. The fourth-order valence-electron chi connectivity index (χ4n) is 8.95. The predicted molar refractivity (Wildman–Crippen MR) is 135 cm³/mol. The van der Waals surface area contributed by atoms with E-state index in [1.54, 1.807) is 13.8 Å². The molecular weight excluding hydrogens is 529 g/mol. The third-order valence-electron chi connectivity index (χ3n) is 11.1. The number of aliphatic hydroxyl groups excluding tert-OH is 2. The Bertz CT molecular complexity index is 1360. The van der Waals surface area contributed by atoms with Gasteiger partial charge in [-0.25, -0.2) is 13.2 Å². The van der Waals surface area contributed by atoms with Crippen LogP contribution in [0.2, 0.25) is 0 Å². The summed E-state index contributed by atoms with van der Waals surface area (Å²) in [6, 6.07) is 4.11. The van der Waals surface area contributed by atoms with Gasteiger partial charge in [0.1, 0.15) is 12.8 Å². The minimum atomic E-state index is -2.37. The van der Waals surface area contributed by atoms with Crippen molar-refractivity contribution < 1.29 is 47.2 Å². The number of carbonyl (C=O) groups excluding carboxylic acids is 2. The van der Waals surface area contributed by atoms with Crippen LogP contribution in [0.25, 0.3) is 0 Å². The van der Waals surface area contributed by atoms with Crippen LogP contribution in [0.3, 0.4) is 0 Å². The number of alkyl halides is 2. The lowest BCUT2D eigenvalue weighted by atomic mass is 9.39. The topological polar surface area (TPSA) is 102 Å². The first kappa shape index (κ1) is 27.6. The van der Waals surface area contributed by atoms with Gasteiger partial charge in [0.25, 0.3) is 0 Å². The number of ether oxygens (including phenoxy) is 3. The molecule has 10 heteroatoms. The number of fused-ring (bicyclic) bond motifs is 7. The first-order valence-electron chi connectivity index (χ1n) is 13.5. The van der Waals surface area contributed by atoms with Crippen molar-refractivity contribution in [3.05, 3.63) is 53.4 Å². The smallest absolute Gasteiger partial charge is 0.193 e. The maximum absolute atomic E-state index is 17.6. The second-order valence-corrected chi connectivity index (χ2v) is 12.5. The quantitative estimate of drug-likeness (QED) is 0.575. The van der Waals surface area contributed by atoms with Gasteiger partial charge < -0.3 is 24.4 Å². The van der Waals surface area contributed by atoms with E-state index in [0.717, 1.165) is 6.08 Å². The van der Waals surface area contributed by atoms with Gasteiger partial charge in [0.2, 0.25) is 0 Å². The Hall–Kier alpha value is -2.53. The van der Waals surface area contributed by atoms with E-state index in [1.165, 1.54) is 44.4 Å². The van der Waals surface area contributed by atoms with Crippen LogP contribution >= 0.6 is 0 Å². The lowest BCUT2D eigenvalue weighted by Crippen LogP contribution is -2.73.